The fraction of sp³-hybridized carbons (Fsp3) is 0.400. The van der Waals surface area contributed by atoms with Gasteiger partial charge in [-0.3, -0.25) is 4.57 Å². The molecule has 1 saturated carbocycles. The Labute approximate surface area is 168 Å². The average Bonchev–Trinajstić information content (AvgIpc) is 3.17. The number of aromatic nitrogens is 5. The first-order valence-electron chi connectivity index (χ1n) is 9.61. The second-order valence-corrected chi connectivity index (χ2v) is 7.62. The Morgan fingerprint density at radius 3 is 2.82 bits per heavy atom. The van der Waals surface area contributed by atoms with Crippen LogP contribution in [0.4, 0.5) is 5.82 Å². The third-order valence-electron chi connectivity index (χ3n) is 5.61. The summed E-state index contributed by atoms with van der Waals surface area (Å²) < 4.78 is 8.07. The predicted octanol–water partition coefficient (Wildman–Crippen LogP) is 3.73. The summed E-state index contributed by atoms with van der Waals surface area (Å²) >= 11 is 6.13. The lowest BCUT2D eigenvalue weighted by molar-refractivity contribution is -0.0225. The first kappa shape index (κ1) is 17.6. The Morgan fingerprint density at radius 1 is 1.21 bits per heavy atom. The van der Waals surface area contributed by atoms with Gasteiger partial charge in [-0.2, -0.15) is 4.98 Å². The Hall–Kier alpha value is -2.51. The summed E-state index contributed by atoms with van der Waals surface area (Å²) in [7, 11) is 0. The van der Waals surface area contributed by atoms with Gasteiger partial charge in [0, 0.05) is 6.04 Å². The quantitative estimate of drug-likeness (QED) is 0.612. The monoisotopic (exact) mass is 396 g/mol. The molecule has 144 valence electrons. The fourth-order valence-electron chi connectivity index (χ4n) is 4.13. The Morgan fingerprint density at radius 2 is 2.04 bits per heavy atom. The maximum Gasteiger partial charge on any atom is 0.224 e. The standard InChI is InChI=1S/C20H21ClN6O/c1-2-16-19-25-23-12-26(19)17-10-22-20(21)24-18(17)27(16)14-8-15(9-14)28-11-13-6-4-3-5-7-13/h3-7,10,12,14-16H,2,8-9,11H2,1H3. The average molecular weight is 397 g/mol. The van der Waals surface area contributed by atoms with Crippen LogP contribution in [0.2, 0.25) is 5.28 Å². The lowest BCUT2D eigenvalue weighted by Crippen LogP contribution is -2.52. The Balaban J connectivity index is 1.36. The minimum Gasteiger partial charge on any atom is -0.373 e. The molecule has 0 spiro atoms. The summed E-state index contributed by atoms with van der Waals surface area (Å²) in [6, 6.07) is 10.7. The highest BCUT2D eigenvalue weighted by Gasteiger charge is 2.43. The van der Waals surface area contributed by atoms with Gasteiger partial charge in [0.25, 0.3) is 0 Å². The summed E-state index contributed by atoms with van der Waals surface area (Å²) in [6.07, 6.45) is 6.54. The van der Waals surface area contributed by atoms with Crippen LogP contribution in [0, 0.1) is 0 Å². The lowest BCUT2D eigenvalue weighted by atomic mass is 9.85. The number of nitrogens with zero attached hydrogens (tertiary/aromatic N) is 6. The molecule has 28 heavy (non-hydrogen) atoms. The van der Waals surface area contributed by atoms with Crippen molar-refractivity contribution < 1.29 is 4.74 Å². The first-order chi connectivity index (χ1) is 13.7. The van der Waals surface area contributed by atoms with Gasteiger partial charge in [0.2, 0.25) is 5.28 Å². The van der Waals surface area contributed by atoms with E-state index in [0.717, 1.165) is 36.6 Å². The summed E-state index contributed by atoms with van der Waals surface area (Å²) in [6.45, 7) is 2.81. The number of hydrogen-bond donors (Lipinski definition) is 0. The molecule has 2 aromatic heterocycles. The molecule has 1 atom stereocenters. The molecule has 1 fully saturated rings. The van der Waals surface area contributed by atoms with E-state index in [2.05, 4.69) is 44.1 Å². The van der Waals surface area contributed by atoms with Crippen LogP contribution in [0.25, 0.3) is 5.69 Å². The van der Waals surface area contributed by atoms with Crippen molar-refractivity contribution in [3.05, 3.63) is 59.5 Å². The maximum atomic E-state index is 6.13. The summed E-state index contributed by atoms with van der Waals surface area (Å²) in [5, 5.41) is 8.74. The molecule has 7 nitrogen and oxygen atoms in total. The van der Waals surface area contributed by atoms with Crippen molar-refractivity contribution in [2.45, 2.75) is 51.0 Å². The van der Waals surface area contributed by atoms with Crippen LogP contribution in [-0.2, 0) is 11.3 Å². The van der Waals surface area contributed by atoms with Crippen LogP contribution >= 0.6 is 11.6 Å². The molecule has 1 aliphatic carbocycles. The van der Waals surface area contributed by atoms with E-state index >= 15 is 0 Å². The second-order valence-electron chi connectivity index (χ2n) is 7.28. The number of anilines is 1. The molecular formula is C20H21ClN6O. The summed E-state index contributed by atoms with van der Waals surface area (Å²) in [4.78, 5) is 11.1. The smallest absolute Gasteiger partial charge is 0.224 e. The van der Waals surface area contributed by atoms with Gasteiger partial charge in [-0.25, -0.2) is 4.98 Å². The third-order valence-corrected chi connectivity index (χ3v) is 5.79. The van der Waals surface area contributed by atoms with Gasteiger partial charge < -0.3 is 9.64 Å². The summed E-state index contributed by atoms with van der Waals surface area (Å²) in [5.41, 5.74) is 2.08. The summed E-state index contributed by atoms with van der Waals surface area (Å²) in [5.74, 6) is 1.78. The number of halogens is 1. The fourth-order valence-corrected chi connectivity index (χ4v) is 4.26. The molecule has 1 aromatic carbocycles. The van der Waals surface area contributed by atoms with E-state index in [-0.39, 0.29) is 17.4 Å². The zero-order valence-corrected chi connectivity index (χ0v) is 16.3. The van der Waals surface area contributed by atoms with Crippen molar-refractivity contribution in [3.8, 4) is 5.69 Å². The van der Waals surface area contributed by atoms with Gasteiger partial charge in [0.05, 0.1) is 24.9 Å². The molecule has 8 heteroatoms. The number of ether oxygens (including phenoxy) is 1. The highest BCUT2D eigenvalue weighted by Crippen LogP contribution is 2.44. The number of rotatable bonds is 5. The van der Waals surface area contributed by atoms with E-state index in [1.54, 1.807) is 12.5 Å². The molecule has 0 N–H and O–H groups in total. The van der Waals surface area contributed by atoms with Gasteiger partial charge in [0.15, 0.2) is 11.6 Å². The molecule has 1 unspecified atom stereocenters. The van der Waals surface area contributed by atoms with Gasteiger partial charge in [-0.15, -0.1) is 10.2 Å². The maximum absolute atomic E-state index is 6.13. The molecule has 3 heterocycles. The van der Waals surface area contributed by atoms with Crippen LogP contribution in [0.3, 0.4) is 0 Å². The van der Waals surface area contributed by atoms with E-state index in [9.17, 15) is 0 Å². The number of benzene rings is 1. The van der Waals surface area contributed by atoms with Crippen molar-refractivity contribution in [2.24, 2.45) is 0 Å². The lowest BCUT2D eigenvalue weighted by Gasteiger charge is -2.48. The molecule has 5 rings (SSSR count). The third kappa shape index (κ3) is 2.95. The zero-order valence-electron chi connectivity index (χ0n) is 15.6. The molecule has 0 amide bonds. The van der Waals surface area contributed by atoms with Gasteiger partial charge in [0.1, 0.15) is 12.0 Å². The Kier molecular flexibility index (Phi) is 4.49. The van der Waals surface area contributed by atoms with Crippen molar-refractivity contribution >= 4 is 17.4 Å². The topological polar surface area (TPSA) is 69.0 Å². The van der Waals surface area contributed by atoms with Gasteiger partial charge in [-0.05, 0) is 36.4 Å². The van der Waals surface area contributed by atoms with E-state index in [1.165, 1.54) is 5.56 Å². The molecule has 0 saturated heterocycles. The number of hydrogen-bond acceptors (Lipinski definition) is 6. The minimum absolute atomic E-state index is 0.112. The van der Waals surface area contributed by atoms with Gasteiger partial charge >= 0.3 is 0 Å². The molecule has 0 bridgehead atoms. The minimum atomic E-state index is 0.112. The van der Waals surface area contributed by atoms with E-state index in [0.29, 0.717) is 12.6 Å². The predicted molar refractivity (Wildman–Crippen MR) is 106 cm³/mol. The van der Waals surface area contributed by atoms with Gasteiger partial charge in [-0.1, -0.05) is 37.3 Å². The SMILES string of the molecule is CCC1c2nncn2-c2cnc(Cl)nc2N1C1CC(OCc2ccccc2)C1. The van der Waals surface area contributed by atoms with Crippen LogP contribution in [0.5, 0.6) is 0 Å². The Bertz CT molecular complexity index is 972. The van der Waals surface area contributed by atoms with Crippen molar-refractivity contribution in [1.29, 1.82) is 0 Å². The van der Waals surface area contributed by atoms with Crippen LogP contribution in [0.15, 0.2) is 42.9 Å². The molecular weight excluding hydrogens is 376 g/mol. The van der Waals surface area contributed by atoms with E-state index in [4.69, 9.17) is 16.3 Å². The van der Waals surface area contributed by atoms with Crippen LogP contribution < -0.4 is 4.90 Å². The number of fused-ring (bicyclic) bond motifs is 3. The van der Waals surface area contributed by atoms with E-state index in [1.807, 2.05) is 22.8 Å². The first-order valence-corrected chi connectivity index (χ1v) is 9.99. The normalized spacial score (nSPS) is 23.1. The van der Waals surface area contributed by atoms with Crippen LogP contribution in [-0.4, -0.2) is 36.9 Å². The van der Waals surface area contributed by atoms with Crippen molar-refractivity contribution in [3.63, 3.8) is 0 Å². The van der Waals surface area contributed by atoms with Crippen LogP contribution in [0.1, 0.15) is 43.6 Å². The van der Waals surface area contributed by atoms with E-state index < -0.39 is 0 Å². The molecule has 2 aliphatic rings. The van der Waals surface area contributed by atoms with Crippen molar-refractivity contribution in [2.75, 3.05) is 4.90 Å². The highest BCUT2D eigenvalue weighted by atomic mass is 35.5. The molecule has 3 aromatic rings. The molecule has 1 aliphatic heterocycles. The zero-order chi connectivity index (χ0) is 19.1. The highest BCUT2D eigenvalue weighted by molar-refractivity contribution is 6.28. The largest absolute Gasteiger partial charge is 0.373 e. The second kappa shape index (κ2) is 7.14. The van der Waals surface area contributed by atoms with Crippen molar-refractivity contribution in [1.82, 2.24) is 24.7 Å². The molecule has 0 radical (unpaired) electrons.